The highest BCUT2D eigenvalue weighted by atomic mass is 35.5. The van der Waals surface area contributed by atoms with Gasteiger partial charge in [0, 0.05) is 32.6 Å². The lowest BCUT2D eigenvalue weighted by Gasteiger charge is -2.13. The largest absolute Gasteiger partial charge is 0.380 e. The maximum atomic E-state index is 14.1. The Morgan fingerprint density at radius 3 is 2.61 bits per heavy atom. The summed E-state index contributed by atoms with van der Waals surface area (Å²) in [5.74, 6) is -1.26. The molecular formula is C21H19ClFN5O3. The standard InChI is InChI=1S/C21H19ClFN5O3/c1-24-20(29)13-10-26-18(28-17-8-12(11-31-2)6-7-25-17)9-16(13)27-21(30)19-14(22)4-3-5-15(19)23/h3-10H,11H2,1-2H3,(H,24,29)(H2,25,26,27,28,30). The van der Waals surface area contributed by atoms with Gasteiger partial charge in [-0.05, 0) is 29.8 Å². The molecule has 0 atom stereocenters. The number of ether oxygens (including phenoxy) is 1. The number of hydrogen-bond acceptors (Lipinski definition) is 6. The highest BCUT2D eigenvalue weighted by Crippen LogP contribution is 2.25. The van der Waals surface area contributed by atoms with Crippen LogP contribution < -0.4 is 16.0 Å². The van der Waals surface area contributed by atoms with E-state index in [0.717, 1.165) is 11.6 Å². The van der Waals surface area contributed by atoms with Crippen molar-refractivity contribution in [3.8, 4) is 0 Å². The number of methoxy groups -OCH3 is 1. The normalized spacial score (nSPS) is 10.5. The zero-order valence-electron chi connectivity index (χ0n) is 16.7. The van der Waals surface area contributed by atoms with Crippen molar-refractivity contribution < 1.29 is 18.7 Å². The maximum absolute atomic E-state index is 14.1. The number of amides is 2. The lowest BCUT2D eigenvalue weighted by molar-refractivity contribution is 0.0963. The number of rotatable bonds is 7. The molecule has 3 aromatic rings. The minimum Gasteiger partial charge on any atom is -0.380 e. The fourth-order valence-electron chi connectivity index (χ4n) is 2.77. The lowest BCUT2D eigenvalue weighted by atomic mass is 10.1. The van der Waals surface area contributed by atoms with E-state index in [1.807, 2.05) is 0 Å². The zero-order valence-corrected chi connectivity index (χ0v) is 17.5. The topological polar surface area (TPSA) is 105 Å². The van der Waals surface area contributed by atoms with Crippen LogP contribution in [0.5, 0.6) is 0 Å². The van der Waals surface area contributed by atoms with E-state index in [1.165, 1.54) is 31.4 Å². The SMILES string of the molecule is CNC(=O)c1cnc(Nc2cc(COC)ccn2)cc1NC(=O)c1c(F)cccc1Cl. The van der Waals surface area contributed by atoms with E-state index < -0.39 is 17.6 Å². The van der Waals surface area contributed by atoms with Crippen LogP contribution in [-0.2, 0) is 11.3 Å². The summed E-state index contributed by atoms with van der Waals surface area (Å²) in [6.45, 7) is 0.408. The van der Waals surface area contributed by atoms with Crippen LogP contribution in [0.4, 0.5) is 21.7 Å². The fraction of sp³-hybridized carbons (Fsp3) is 0.143. The van der Waals surface area contributed by atoms with Crippen LogP contribution in [0.1, 0.15) is 26.3 Å². The first-order chi connectivity index (χ1) is 14.9. The number of nitrogens with one attached hydrogen (secondary N) is 3. The molecule has 0 saturated carbocycles. The van der Waals surface area contributed by atoms with Gasteiger partial charge in [0.05, 0.1) is 28.4 Å². The van der Waals surface area contributed by atoms with Crippen molar-refractivity contribution in [2.75, 3.05) is 24.8 Å². The molecule has 2 aromatic heterocycles. The third-order valence-corrected chi connectivity index (χ3v) is 4.52. The predicted molar refractivity (Wildman–Crippen MR) is 115 cm³/mol. The molecule has 0 bridgehead atoms. The second-order valence-corrected chi connectivity index (χ2v) is 6.76. The Bertz CT molecular complexity index is 1110. The van der Waals surface area contributed by atoms with E-state index in [0.29, 0.717) is 18.2 Å². The predicted octanol–water partition coefficient (Wildman–Crippen LogP) is 3.77. The summed E-state index contributed by atoms with van der Waals surface area (Å²) in [5, 5.41) is 7.96. The number of aromatic nitrogens is 2. The highest BCUT2D eigenvalue weighted by molar-refractivity contribution is 6.34. The lowest BCUT2D eigenvalue weighted by Crippen LogP contribution is -2.22. The molecule has 8 nitrogen and oxygen atoms in total. The van der Waals surface area contributed by atoms with Crippen molar-refractivity contribution in [2.24, 2.45) is 0 Å². The number of carbonyl (C=O) groups is 2. The van der Waals surface area contributed by atoms with Gasteiger partial charge in [0.15, 0.2) is 0 Å². The molecule has 0 aliphatic rings. The van der Waals surface area contributed by atoms with E-state index in [1.54, 1.807) is 25.4 Å². The average molecular weight is 444 g/mol. The third kappa shape index (κ3) is 5.33. The van der Waals surface area contributed by atoms with E-state index in [4.69, 9.17) is 16.3 Å². The molecule has 0 saturated heterocycles. The van der Waals surface area contributed by atoms with E-state index in [-0.39, 0.29) is 21.8 Å². The van der Waals surface area contributed by atoms with Crippen LogP contribution in [0.15, 0.2) is 48.8 Å². The minimum absolute atomic E-state index is 0.0504. The summed E-state index contributed by atoms with van der Waals surface area (Å²) in [7, 11) is 3.03. The Kier molecular flexibility index (Phi) is 7.11. The summed E-state index contributed by atoms with van der Waals surface area (Å²) in [6, 6.07) is 8.94. The number of benzene rings is 1. The first kappa shape index (κ1) is 22.1. The molecule has 0 radical (unpaired) electrons. The third-order valence-electron chi connectivity index (χ3n) is 4.21. The summed E-state index contributed by atoms with van der Waals surface area (Å²) in [5.41, 5.74) is 0.779. The summed E-state index contributed by atoms with van der Waals surface area (Å²) in [4.78, 5) is 33.3. The molecule has 0 aliphatic carbocycles. The minimum atomic E-state index is -0.800. The number of nitrogens with zero attached hydrogens (tertiary/aromatic N) is 2. The van der Waals surface area contributed by atoms with Gasteiger partial charge >= 0.3 is 0 Å². The van der Waals surface area contributed by atoms with Crippen molar-refractivity contribution in [2.45, 2.75) is 6.61 Å². The molecule has 0 fully saturated rings. The molecule has 2 amide bonds. The van der Waals surface area contributed by atoms with E-state index in [9.17, 15) is 14.0 Å². The molecule has 0 unspecified atom stereocenters. The van der Waals surface area contributed by atoms with Crippen LogP contribution in [0, 0.1) is 5.82 Å². The quantitative estimate of drug-likeness (QED) is 0.513. The first-order valence-corrected chi connectivity index (χ1v) is 9.49. The number of anilines is 3. The van der Waals surface area contributed by atoms with Gasteiger partial charge in [0.1, 0.15) is 17.5 Å². The second-order valence-electron chi connectivity index (χ2n) is 6.35. The van der Waals surface area contributed by atoms with Gasteiger partial charge in [0.25, 0.3) is 11.8 Å². The van der Waals surface area contributed by atoms with Crippen molar-refractivity contribution in [1.82, 2.24) is 15.3 Å². The highest BCUT2D eigenvalue weighted by Gasteiger charge is 2.20. The number of pyridine rings is 2. The molecule has 10 heteroatoms. The van der Waals surface area contributed by atoms with Crippen molar-refractivity contribution in [3.05, 3.63) is 76.3 Å². The Morgan fingerprint density at radius 1 is 1.13 bits per heavy atom. The van der Waals surface area contributed by atoms with Gasteiger partial charge in [-0.25, -0.2) is 14.4 Å². The molecule has 3 N–H and O–H groups in total. The van der Waals surface area contributed by atoms with Crippen molar-refractivity contribution in [3.63, 3.8) is 0 Å². The molecule has 1 aromatic carbocycles. The Morgan fingerprint density at radius 2 is 1.90 bits per heavy atom. The van der Waals surface area contributed by atoms with Crippen LogP contribution >= 0.6 is 11.6 Å². The van der Waals surface area contributed by atoms with Crippen LogP contribution in [0.25, 0.3) is 0 Å². The second kappa shape index (κ2) is 9.96. The van der Waals surface area contributed by atoms with Gasteiger partial charge in [-0.1, -0.05) is 17.7 Å². The van der Waals surface area contributed by atoms with E-state index in [2.05, 4.69) is 25.9 Å². The maximum Gasteiger partial charge on any atom is 0.260 e. The fourth-order valence-corrected chi connectivity index (χ4v) is 3.02. The Balaban J connectivity index is 1.93. The molecule has 3 rings (SSSR count). The van der Waals surface area contributed by atoms with Crippen LogP contribution in [0.3, 0.4) is 0 Å². The number of halogens is 2. The van der Waals surface area contributed by atoms with Crippen molar-refractivity contribution >= 4 is 40.7 Å². The molecule has 0 spiro atoms. The molecule has 0 aliphatic heterocycles. The Hall–Kier alpha value is -3.56. The molecule has 31 heavy (non-hydrogen) atoms. The van der Waals surface area contributed by atoms with Gasteiger partial charge in [-0.15, -0.1) is 0 Å². The summed E-state index contributed by atoms with van der Waals surface area (Å²) in [6.07, 6.45) is 2.90. The monoisotopic (exact) mass is 443 g/mol. The van der Waals surface area contributed by atoms with Crippen molar-refractivity contribution in [1.29, 1.82) is 0 Å². The zero-order chi connectivity index (χ0) is 22.4. The van der Waals surface area contributed by atoms with Gasteiger partial charge in [-0.2, -0.15) is 0 Å². The number of hydrogen-bond donors (Lipinski definition) is 3. The van der Waals surface area contributed by atoms with Gasteiger partial charge < -0.3 is 20.7 Å². The number of carbonyl (C=O) groups excluding carboxylic acids is 2. The summed E-state index contributed by atoms with van der Waals surface area (Å²) < 4.78 is 19.2. The molecular weight excluding hydrogens is 425 g/mol. The van der Waals surface area contributed by atoms with Crippen LogP contribution in [0.2, 0.25) is 5.02 Å². The van der Waals surface area contributed by atoms with E-state index >= 15 is 0 Å². The molecule has 160 valence electrons. The smallest absolute Gasteiger partial charge is 0.260 e. The average Bonchev–Trinajstić information content (AvgIpc) is 2.74. The van der Waals surface area contributed by atoms with Gasteiger partial charge in [-0.3, -0.25) is 9.59 Å². The first-order valence-electron chi connectivity index (χ1n) is 9.11. The molecule has 2 heterocycles. The summed E-state index contributed by atoms with van der Waals surface area (Å²) >= 11 is 5.98. The van der Waals surface area contributed by atoms with Gasteiger partial charge in [0.2, 0.25) is 0 Å². The Labute approximate surface area is 182 Å². The van der Waals surface area contributed by atoms with Crippen LogP contribution in [-0.4, -0.2) is 35.9 Å².